The first kappa shape index (κ1) is 102. The van der Waals surface area contributed by atoms with E-state index in [1.807, 2.05) is 38.1 Å². The molecule has 11 fully saturated rings. The van der Waals surface area contributed by atoms with Crippen LogP contribution in [0.15, 0.2) is 111 Å². The van der Waals surface area contributed by atoms with Gasteiger partial charge in [-0.3, -0.25) is 9.59 Å². The molecule has 11 aromatic rings. The van der Waals surface area contributed by atoms with Crippen molar-refractivity contribution in [3.8, 4) is 5.75 Å². The first-order valence-corrected chi connectivity index (χ1v) is 53.6. The van der Waals surface area contributed by atoms with Gasteiger partial charge in [0.05, 0.1) is 88.0 Å². The highest BCUT2D eigenvalue weighted by Crippen LogP contribution is 2.50. The Bertz CT molecular complexity index is 6360. The Balaban J connectivity index is 0.000000119. The maximum atomic E-state index is 14.0. The summed E-state index contributed by atoms with van der Waals surface area (Å²) in [5, 5.41) is 10.8. The minimum absolute atomic E-state index is 0.0750. The lowest BCUT2D eigenvalue weighted by molar-refractivity contribution is 0.0592. The van der Waals surface area contributed by atoms with Crippen molar-refractivity contribution in [3.63, 3.8) is 0 Å². The minimum atomic E-state index is -0.320. The summed E-state index contributed by atoms with van der Waals surface area (Å²) in [4.78, 5) is 90.1. The van der Waals surface area contributed by atoms with E-state index in [1.54, 1.807) is 18.6 Å². The van der Waals surface area contributed by atoms with Crippen molar-refractivity contribution >= 4 is 129 Å². The number of amides is 1. The van der Waals surface area contributed by atoms with E-state index in [1.165, 1.54) is 99.8 Å². The topological polar surface area (TPSA) is 313 Å². The fourth-order valence-corrected chi connectivity index (χ4v) is 22.5. The maximum absolute atomic E-state index is 14.0. The fraction of sp³-hybridized carbons (Fsp3) is 0.561. The number of carbonyl (C=O) groups excluding carboxylic acids is 5. The summed E-state index contributed by atoms with van der Waals surface area (Å²) in [6.07, 6.45) is 32.0. The number of H-pyrrole nitrogens is 1. The number of nitrogens with one attached hydrogen (secondary N) is 3. The molecule has 6 aliphatic carbocycles. The molecule has 5 aromatic carbocycles. The lowest BCUT2D eigenvalue weighted by Crippen LogP contribution is -2.41. The van der Waals surface area contributed by atoms with Gasteiger partial charge in [0.1, 0.15) is 45.2 Å². The Morgan fingerprint density at radius 1 is 0.378 bits per heavy atom. The van der Waals surface area contributed by atoms with Gasteiger partial charge in [-0.1, -0.05) is 34.6 Å². The van der Waals surface area contributed by atoms with E-state index in [2.05, 4.69) is 115 Å². The van der Waals surface area contributed by atoms with Crippen LogP contribution < -0.4 is 40.5 Å². The third-order valence-corrected chi connectivity index (χ3v) is 31.2. The van der Waals surface area contributed by atoms with Crippen LogP contribution in [0.5, 0.6) is 5.75 Å². The summed E-state index contributed by atoms with van der Waals surface area (Å²) in [5.41, 5.74) is 18.6. The number of halogens is 1. The molecular weight excluding hydrogens is 1880 g/mol. The molecule has 28 nitrogen and oxygen atoms in total. The van der Waals surface area contributed by atoms with Crippen molar-refractivity contribution in [3.05, 3.63) is 173 Å². The number of aromatic amines is 1. The molecule has 0 radical (unpaired) electrons. The number of furan rings is 5. The van der Waals surface area contributed by atoms with Gasteiger partial charge in [-0.2, -0.15) is 0 Å². The molecule has 0 atom stereocenters. The van der Waals surface area contributed by atoms with Gasteiger partial charge < -0.3 is 105 Å². The molecule has 143 heavy (non-hydrogen) atoms. The number of esters is 4. The molecule has 0 spiro atoms. The summed E-state index contributed by atoms with van der Waals surface area (Å²) in [6, 6.07) is 24.2. The van der Waals surface area contributed by atoms with Crippen molar-refractivity contribution in [2.75, 3.05) is 153 Å². The summed E-state index contributed by atoms with van der Waals surface area (Å²) >= 11 is 3.42. The van der Waals surface area contributed by atoms with Crippen molar-refractivity contribution in [2.45, 2.75) is 263 Å². The minimum Gasteiger partial charge on any atom is -0.496 e. The van der Waals surface area contributed by atoms with Crippen molar-refractivity contribution in [1.82, 2.24) is 10.3 Å². The molecule has 5 aliphatic heterocycles. The van der Waals surface area contributed by atoms with Crippen LogP contribution in [0.4, 0.5) is 28.4 Å². The van der Waals surface area contributed by atoms with Crippen LogP contribution in [-0.4, -0.2) is 193 Å². The number of ether oxygens (including phenoxy) is 10. The van der Waals surface area contributed by atoms with E-state index in [-0.39, 0.29) is 41.9 Å². The van der Waals surface area contributed by atoms with Gasteiger partial charge in [0.2, 0.25) is 0 Å². The first-order chi connectivity index (χ1) is 69.7. The standard InChI is InChI=1S/C31H39N3O5.C24H31NO4.C21H26BrNO4.C21H27NO4.C17H21NO4/c1-4-22-25(34(17-19-5-6-19)21-9-11-38-12-10-21)15-28-23(14-26(39-28)20-7-8-20)29(22)31(36)32-16-24-27(37-3)13-18(2)33-30(24)35;1-3-18-20(25(14-15-4-5-15)17-8-10-28-11-9-17)13-22-19(23(18)24(26)27-2)12-21(29-22)16-6-7-16;1-3-15-17(23(12-13-4-5-13)14-6-8-26-9-7-14)11-18-16(10-19(22)27-18)20(15)21(24)25-2;1-3-16-18(12-19-17(8-11-26-19)20(16)21(23)24-2)22(13-14-4-5-14)15-6-9-25-10-7-15;1-3-12-14(18-11-4-7-21-8-5-11)10-15-13(6-9-22-15)16(12)17(19)20-2/h13-15,19-21H,4-12,16-17H2,1-3H3,(H,32,36)(H,33,35);12-13,15-17H,3-11,14H2,1-2H3;10-11,13-14H,3-9,12H2,1-2H3;8,11-12,14-15H,3-7,9-10,13H2,1-2H3;6,9-11,18H,3-5,7-8H2,1-2H3. The average molecular weight is 2030 g/mol. The Labute approximate surface area is 846 Å². The zero-order chi connectivity index (χ0) is 99.6. The highest BCUT2D eigenvalue weighted by molar-refractivity contribution is 9.10. The lowest BCUT2D eigenvalue weighted by atomic mass is 9.95. The highest BCUT2D eigenvalue weighted by atomic mass is 79.9. The Morgan fingerprint density at radius 3 is 1.06 bits per heavy atom. The number of hydrogen-bond acceptors (Lipinski definition) is 26. The quantitative estimate of drug-likeness (QED) is 0.0254. The molecular formula is C114H144BrN7O21. The number of hydrogen-bond donors (Lipinski definition) is 3. The smallest absolute Gasteiger partial charge is 0.338 e. The number of fused-ring (bicyclic) bond motifs is 5. The molecule has 1 amide bonds. The van der Waals surface area contributed by atoms with Crippen molar-refractivity contribution in [1.29, 1.82) is 0 Å². The second kappa shape index (κ2) is 46.7. The number of anilines is 5. The van der Waals surface area contributed by atoms with E-state index in [4.69, 9.17) is 69.5 Å². The second-order valence-corrected chi connectivity index (χ2v) is 41.4. The molecule has 5 saturated heterocycles. The highest BCUT2D eigenvalue weighted by Gasteiger charge is 2.41. The number of benzene rings is 5. The Hall–Kier alpha value is -10.8. The predicted molar refractivity (Wildman–Crippen MR) is 558 cm³/mol. The number of pyridine rings is 1. The largest absolute Gasteiger partial charge is 0.496 e. The predicted octanol–water partition coefficient (Wildman–Crippen LogP) is 22.7. The molecule has 11 aliphatic rings. The van der Waals surface area contributed by atoms with E-state index in [9.17, 15) is 28.8 Å². The van der Waals surface area contributed by atoms with Crippen LogP contribution in [0.25, 0.3) is 54.8 Å². The molecule has 6 saturated carbocycles. The summed E-state index contributed by atoms with van der Waals surface area (Å²) in [5.74, 6) is 5.03. The Morgan fingerprint density at radius 2 is 0.706 bits per heavy atom. The third kappa shape index (κ3) is 23.7. The molecule has 11 heterocycles. The van der Waals surface area contributed by atoms with E-state index < -0.39 is 0 Å². The van der Waals surface area contributed by atoms with Crippen LogP contribution >= 0.6 is 15.9 Å². The number of rotatable bonds is 33. The van der Waals surface area contributed by atoms with Gasteiger partial charge in [-0.15, -0.1) is 0 Å². The van der Waals surface area contributed by atoms with Crippen molar-refractivity contribution in [2.24, 2.45) is 23.7 Å². The van der Waals surface area contributed by atoms with Gasteiger partial charge in [0.25, 0.3) is 11.5 Å². The van der Waals surface area contributed by atoms with E-state index in [0.29, 0.717) is 103 Å². The molecule has 29 heteroatoms. The zero-order valence-electron chi connectivity index (χ0n) is 85.3. The van der Waals surface area contributed by atoms with Gasteiger partial charge in [0.15, 0.2) is 4.67 Å². The molecule has 768 valence electrons. The number of carbonyl (C=O) groups is 5. The van der Waals surface area contributed by atoms with Crippen LogP contribution in [-0.2, 0) is 81.3 Å². The fourth-order valence-electron chi connectivity index (χ4n) is 22.1. The SMILES string of the molecule is CCc1c(N(CC2CC2)C2CCOCC2)cc2oc(Br)cc2c1C(=O)OC.CCc1c(N(CC2CC2)C2CCOCC2)cc2oc(C3CC3)cc2c1C(=O)NCc1c(OC)cc(C)[nH]c1=O.CCc1c(N(CC2CC2)C2CCOCC2)cc2oc(C3CC3)cc2c1C(=O)OC.CCc1c(N(CC2CC2)C2CCOCC2)cc2occc2c1C(=O)OC.CCc1c(NC2CCOCC2)cc2occc2c1C(=O)OC. The van der Waals surface area contributed by atoms with Gasteiger partial charge in [-0.25, -0.2) is 19.2 Å². The molecule has 3 N–H and O–H groups in total. The van der Waals surface area contributed by atoms with Crippen LogP contribution in [0.1, 0.15) is 290 Å². The monoisotopic (exact) mass is 2030 g/mol. The van der Waals surface area contributed by atoms with Crippen LogP contribution in [0, 0.1) is 30.6 Å². The Kier molecular flexibility index (Phi) is 33.4. The average Bonchev–Trinajstić information content (AvgIpc) is 1.62. The van der Waals surface area contributed by atoms with E-state index >= 15 is 0 Å². The lowest BCUT2D eigenvalue weighted by Gasteiger charge is -2.38. The number of aryl methyl sites for hydroxylation is 1. The molecule has 22 rings (SSSR count). The normalized spacial score (nSPS) is 18.2. The third-order valence-electron chi connectivity index (χ3n) is 30.8. The van der Waals surface area contributed by atoms with Gasteiger partial charge in [-0.05, 0) is 284 Å². The summed E-state index contributed by atoms with van der Waals surface area (Å²) < 4.78 is 84.2. The number of aromatic nitrogens is 1. The van der Waals surface area contributed by atoms with Gasteiger partial charge in [0, 0.05) is 226 Å². The number of nitrogens with zero attached hydrogens (tertiary/aromatic N) is 4. The maximum Gasteiger partial charge on any atom is 0.338 e. The zero-order valence-corrected chi connectivity index (χ0v) is 86.9. The molecule has 0 bridgehead atoms. The van der Waals surface area contributed by atoms with Crippen LogP contribution in [0.2, 0.25) is 0 Å². The van der Waals surface area contributed by atoms with Gasteiger partial charge >= 0.3 is 23.9 Å². The summed E-state index contributed by atoms with van der Waals surface area (Å²) in [7, 11) is 7.31. The van der Waals surface area contributed by atoms with Crippen LogP contribution in [0.3, 0.4) is 0 Å². The second-order valence-electron chi connectivity index (χ2n) is 40.6. The summed E-state index contributed by atoms with van der Waals surface area (Å²) in [6.45, 7) is 24.4. The molecule has 6 aromatic heterocycles. The van der Waals surface area contributed by atoms with E-state index in [0.717, 1.165) is 336 Å². The number of methoxy groups -OCH3 is 5. The van der Waals surface area contributed by atoms with Crippen molar-refractivity contribution < 1.29 is 93.4 Å². The molecule has 0 unspecified atom stereocenters. The first-order valence-electron chi connectivity index (χ1n) is 52.8.